The quantitative estimate of drug-likeness (QED) is 0.907. The molecule has 2 unspecified atom stereocenters. The summed E-state index contributed by atoms with van der Waals surface area (Å²) < 4.78 is 0. The van der Waals surface area contributed by atoms with Gasteiger partial charge in [-0.3, -0.25) is 4.79 Å². The van der Waals surface area contributed by atoms with Crippen molar-refractivity contribution in [2.75, 3.05) is 13.1 Å². The molecule has 1 aliphatic heterocycles. The average Bonchev–Trinajstić information content (AvgIpc) is 3.00. The second kappa shape index (κ2) is 4.85. The Hall–Kier alpha value is -1.87. The molecule has 21 heavy (non-hydrogen) atoms. The van der Waals surface area contributed by atoms with Crippen molar-refractivity contribution < 1.29 is 4.79 Å². The van der Waals surface area contributed by atoms with E-state index in [4.69, 9.17) is 0 Å². The van der Waals surface area contributed by atoms with Gasteiger partial charge in [0, 0.05) is 5.92 Å². The largest absolute Gasteiger partial charge is 0.349 e. The third kappa shape index (κ3) is 2.12. The molecule has 1 saturated heterocycles. The van der Waals surface area contributed by atoms with Gasteiger partial charge in [-0.15, -0.1) is 0 Å². The Kier molecular flexibility index (Phi) is 2.96. The van der Waals surface area contributed by atoms with Crippen molar-refractivity contribution in [2.45, 2.75) is 13.0 Å². The van der Waals surface area contributed by atoms with Crippen LogP contribution >= 0.6 is 0 Å². The number of nitrogens with one attached hydrogen (secondary N) is 2. The molecule has 2 aliphatic rings. The molecular weight excluding hydrogens is 260 g/mol. The monoisotopic (exact) mass is 280 g/mol. The summed E-state index contributed by atoms with van der Waals surface area (Å²) in [5, 5.41) is 9.00. The van der Waals surface area contributed by atoms with E-state index in [1.807, 2.05) is 6.07 Å². The minimum absolute atomic E-state index is 0.0536. The molecule has 2 N–H and O–H groups in total. The van der Waals surface area contributed by atoms with Gasteiger partial charge >= 0.3 is 0 Å². The summed E-state index contributed by atoms with van der Waals surface area (Å²) >= 11 is 0. The van der Waals surface area contributed by atoms with Crippen LogP contribution in [0, 0.1) is 17.8 Å². The van der Waals surface area contributed by atoms with Crippen molar-refractivity contribution in [3.63, 3.8) is 0 Å². The molecule has 0 aromatic heterocycles. The molecule has 0 radical (unpaired) electrons. The zero-order valence-electron chi connectivity index (χ0n) is 12.2. The Morgan fingerprint density at radius 2 is 1.86 bits per heavy atom. The van der Waals surface area contributed by atoms with Gasteiger partial charge in [0.25, 0.3) is 0 Å². The van der Waals surface area contributed by atoms with E-state index in [0.29, 0.717) is 11.8 Å². The van der Waals surface area contributed by atoms with Crippen molar-refractivity contribution in [3.8, 4) is 0 Å². The van der Waals surface area contributed by atoms with Crippen molar-refractivity contribution in [1.82, 2.24) is 10.6 Å². The van der Waals surface area contributed by atoms with E-state index < -0.39 is 0 Å². The van der Waals surface area contributed by atoms with Crippen LogP contribution in [0.5, 0.6) is 0 Å². The van der Waals surface area contributed by atoms with Crippen LogP contribution in [0.25, 0.3) is 10.8 Å². The van der Waals surface area contributed by atoms with Crippen LogP contribution in [0.4, 0.5) is 0 Å². The second-order valence-electron chi connectivity index (χ2n) is 6.31. The Morgan fingerprint density at radius 3 is 2.67 bits per heavy atom. The highest BCUT2D eigenvalue weighted by atomic mass is 16.2. The fourth-order valence-corrected chi connectivity index (χ4v) is 3.82. The summed E-state index contributed by atoms with van der Waals surface area (Å²) in [4.78, 5) is 12.4. The molecule has 4 rings (SSSR count). The third-order valence-corrected chi connectivity index (χ3v) is 5.04. The smallest absolute Gasteiger partial charge is 0.224 e. The van der Waals surface area contributed by atoms with Gasteiger partial charge in [0.15, 0.2) is 0 Å². The summed E-state index contributed by atoms with van der Waals surface area (Å²) in [5.41, 5.74) is 1.20. The van der Waals surface area contributed by atoms with Gasteiger partial charge in [0.1, 0.15) is 0 Å². The first kappa shape index (κ1) is 12.8. The average molecular weight is 280 g/mol. The highest BCUT2D eigenvalue weighted by molar-refractivity contribution is 5.87. The summed E-state index contributed by atoms with van der Waals surface area (Å²) in [6.45, 7) is 4.09. The van der Waals surface area contributed by atoms with E-state index >= 15 is 0 Å². The van der Waals surface area contributed by atoms with Crippen molar-refractivity contribution >= 4 is 16.7 Å². The molecule has 1 aliphatic carbocycles. The maximum atomic E-state index is 12.4. The van der Waals surface area contributed by atoms with E-state index in [1.54, 1.807) is 0 Å². The van der Waals surface area contributed by atoms with Crippen LogP contribution in [0.1, 0.15) is 18.5 Å². The van der Waals surface area contributed by atoms with Gasteiger partial charge < -0.3 is 10.6 Å². The first-order valence-electron chi connectivity index (χ1n) is 7.74. The number of hydrogen-bond donors (Lipinski definition) is 2. The van der Waals surface area contributed by atoms with Crippen LogP contribution in [0.15, 0.2) is 42.5 Å². The topological polar surface area (TPSA) is 41.1 Å². The first-order chi connectivity index (χ1) is 10.3. The lowest BCUT2D eigenvalue weighted by atomic mass is 9.99. The van der Waals surface area contributed by atoms with Crippen LogP contribution in [-0.4, -0.2) is 19.0 Å². The number of carbonyl (C=O) groups excluding carboxylic acids is 1. The van der Waals surface area contributed by atoms with E-state index in [2.05, 4.69) is 54.0 Å². The number of carbonyl (C=O) groups is 1. The maximum absolute atomic E-state index is 12.4. The molecule has 2 fully saturated rings. The Bertz CT molecular complexity index is 681. The third-order valence-electron chi connectivity index (χ3n) is 5.04. The number of amides is 1. The summed E-state index contributed by atoms with van der Waals surface area (Å²) in [5.74, 6) is 1.62. The second-order valence-corrected chi connectivity index (χ2v) is 6.31. The fraction of sp³-hybridized carbons (Fsp3) is 0.389. The number of benzene rings is 2. The lowest BCUT2D eigenvalue weighted by Crippen LogP contribution is -2.31. The Morgan fingerprint density at radius 1 is 1.14 bits per heavy atom. The van der Waals surface area contributed by atoms with E-state index in [-0.39, 0.29) is 17.9 Å². The molecule has 4 atom stereocenters. The van der Waals surface area contributed by atoms with E-state index in [9.17, 15) is 4.79 Å². The summed E-state index contributed by atoms with van der Waals surface area (Å²) in [6, 6.07) is 14.7. The van der Waals surface area contributed by atoms with Crippen molar-refractivity contribution in [1.29, 1.82) is 0 Å². The fourth-order valence-electron chi connectivity index (χ4n) is 3.82. The lowest BCUT2D eigenvalue weighted by molar-refractivity contribution is -0.123. The van der Waals surface area contributed by atoms with Crippen LogP contribution in [0.2, 0.25) is 0 Å². The normalized spacial score (nSPS) is 28.1. The summed E-state index contributed by atoms with van der Waals surface area (Å²) in [6.07, 6.45) is 0. The zero-order chi connectivity index (χ0) is 14.4. The Labute approximate surface area is 124 Å². The highest BCUT2D eigenvalue weighted by Crippen LogP contribution is 2.48. The molecule has 1 heterocycles. The molecule has 3 nitrogen and oxygen atoms in total. The number of fused-ring (bicyclic) bond motifs is 2. The number of piperidine rings is 1. The number of rotatable bonds is 3. The molecule has 1 amide bonds. The van der Waals surface area contributed by atoms with E-state index in [1.165, 1.54) is 16.3 Å². The van der Waals surface area contributed by atoms with Crippen molar-refractivity contribution in [2.24, 2.45) is 17.8 Å². The Balaban J connectivity index is 1.54. The minimum atomic E-state index is 0.0536. The molecule has 0 bridgehead atoms. The van der Waals surface area contributed by atoms with Gasteiger partial charge in [-0.1, -0.05) is 42.5 Å². The van der Waals surface area contributed by atoms with Gasteiger partial charge in [0.05, 0.1) is 6.04 Å². The highest BCUT2D eigenvalue weighted by Gasteiger charge is 2.56. The molecule has 1 saturated carbocycles. The standard InChI is InChI=1S/C18H20N2O/c1-11(20-18(21)17-15-9-19-10-16(15)17)13-8-4-6-12-5-2-3-7-14(12)13/h2-8,11,15-17,19H,9-10H2,1H3,(H,20,21)/t11?,15-,16+,17?. The van der Waals surface area contributed by atoms with Gasteiger partial charge in [-0.05, 0) is 48.2 Å². The van der Waals surface area contributed by atoms with Crippen LogP contribution in [0.3, 0.4) is 0 Å². The van der Waals surface area contributed by atoms with Crippen LogP contribution < -0.4 is 10.6 Å². The predicted molar refractivity (Wildman–Crippen MR) is 83.8 cm³/mol. The number of hydrogen-bond acceptors (Lipinski definition) is 2. The first-order valence-corrected chi connectivity index (χ1v) is 7.74. The zero-order valence-corrected chi connectivity index (χ0v) is 12.2. The van der Waals surface area contributed by atoms with Gasteiger partial charge in [-0.25, -0.2) is 0 Å². The molecule has 2 aromatic carbocycles. The summed E-state index contributed by atoms with van der Waals surface area (Å²) in [7, 11) is 0. The van der Waals surface area contributed by atoms with Gasteiger partial charge in [-0.2, -0.15) is 0 Å². The van der Waals surface area contributed by atoms with Crippen LogP contribution in [-0.2, 0) is 4.79 Å². The predicted octanol–water partition coefficient (Wildman–Crippen LogP) is 2.48. The molecule has 0 spiro atoms. The SMILES string of the molecule is CC(NC(=O)C1[C@H]2CNC[C@@H]12)c1cccc2ccccc12. The molecular formula is C18H20N2O. The molecule has 108 valence electrons. The lowest BCUT2D eigenvalue weighted by Gasteiger charge is -2.17. The minimum Gasteiger partial charge on any atom is -0.349 e. The van der Waals surface area contributed by atoms with Crippen molar-refractivity contribution in [3.05, 3.63) is 48.0 Å². The molecule has 2 aromatic rings. The van der Waals surface area contributed by atoms with Gasteiger partial charge in [0.2, 0.25) is 5.91 Å². The molecule has 3 heteroatoms. The van der Waals surface area contributed by atoms with E-state index in [0.717, 1.165) is 13.1 Å². The maximum Gasteiger partial charge on any atom is 0.224 e.